The molecule has 7 heteroatoms. The molecule has 0 bridgehead atoms. The Morgan fingerprint density at radius 1 is 1.58 bits per heavy atom. The molecule has 0 saturated heterocycles. The molecule has 0 atom stereocenters. The maximum atomic E-state index is 10.9. The van der Waals surface area contributed by atoms with Gasteiger partial charge in [0.2, 0.25) is 0 Å². The predicted molar refractivity (Wildman–Crippen MR) is 39.0 cm³/mol. The molecule has 2 aromatic rings. The Bertz CT molecular complexity index is 458. The molecule has 0 fully saturated rings. The molecule has 0 amide bonds. The number of nitrogens with zero attached hydrogens (tertiary/aromatic N) is 3. The van der Waals surface area contributed by atoms with Crippen LogP contribution in [0.1, 0.15) is 0 Å². The molecule has 0 aromatic carbocycles. The largest absolute Gasteiger partial charge is 0.364 e. The number of aromatic nitrogens is 4. The summed E-state index contributed by atoms with van der Waals surface area (Å²) in [5, 5.41) is 18.0. The highest BCUT2D eigenvalue weighted by molar-refractivity contribution is 5.41. The first-order valence-corrected chi connectivity index (χ1v) is 3.16. The van der Waals surface area contributed by atoms with Crippen LogP contribution < -0.4 is 11.2 Å². The summed E-state index contributed by atoms with van der Waals surface area (Å²) in [7, 11) is 0. The Morgan fingerprint density at radius 3 is 3.17 bits per heavy atom. The molecule has 2 rings (SSSR count). The third-order valence-electron chi connectivity index (χ3n) is 1.39. The van der Waals surface area contributed by atoms with E-state index in [1.807, 2.05) is 5.48 Å². The summed E-state index contributed by atoms with van der Waals surface area (Å²) in [6.07, 6.45) is 0. The predicted octanol–water partition coefficient (Wildman–Crippen LogP) is -0.781. The minimum absolute atomic E-state index is 0.186. The molecule has 0 aliphatic rings. The van der Waals surface area contributed by atoms with Crippen molar-refractivity contribution in [3.05, 3.63) is 22.6 Å². The number of aromatic amines is 1. The molecule has 2 aromatic heterocycles. The van der Waals surface area contributed by atoms with E-state index in [-0.39, 0.29) is 5.82 Å². The number of H-pyrrole nitrogens is 1. The number of rotatable bonds is 1. The minimum atomic E-state index is -0.443. The molecular formula is C5H5N5O2. The smallest absolute Gasteiger partial charge is 0.290 e. The summed E-state index contributed by atoms with van der Waals surface area (Å²) in [4.78, 5) is 10.9. The summed E-state index contributed by atoms with van der Waals surface area (Å²) in [5.41, 5.74) is 1.78. The van der Waals surface area contributed by atoms with Gasteiger partial charge in [0.05, 0.1) is 0 Å². The van der Waals surface area contributed by atoms with Crippen LogP contribution in [0.2, 0.25) is 0 Å². The van der Waals surface area contributed by atoms with E-state index in [1.165, 1.54) is 6.07 Å². The van der Waals surface area contributed by atoms with Crippen LogP contribution in [0, 0.1) is 0 Å². The molecule has 0 saturated carbocycles. The minimum Gasteiger partial charge on any atom is -0.290 e. The van der Waals surface area contributed by atoms with E-state index in [0.717, 1.165) is 4.52 Å². The van der Waals surface area contributed by atoms with Crippen molar-refractivity contribution in [1.29, 1.82) is 0 Å². The lowest BCUT2D eigenvalue weighted by atomic mass is 10.5. The third-order valence-corrected chi connectivity index (χ3v) is 1.39. The van der Waals surface area contributed by atoms with E-state index >= 15 is 0 Å². The van der Waals surface area contributed by atoms with Gasteiger partial charge in [-0.1, -0.05) is 0 Å². The number of hydrogen-bond donors (Lipinski definition) is 3. The number of fused-ring (bicyclic) bond motifs is 1. The van der Waals surface area contributed by atoms with E-state index < -0.39 is 5.69 Å². The standard InChI is InChI=1S/C5H5N5O2/c11-5-7-6-4-2-1-3(9-12)8-10(4)5/h1-2,12H,(H,7,11)(H,8,9). The van der Waals surface area contributed by atoms with Gasteiger partial charge in [0.25, 0.3) is 0 Å². The second-order valence-electron chi connectivity index (χ2n) is 2.13. The Balaban J connectivity index is 2.80. The third kappa shape index (κ3) is 0.839. The average Bonchev–Trinajstić information content (AvgIpc) is 2.47. The molecule has 0 spiro atoms. The van der Waals surface area contributed by atoms with E-state index in [2.05, 4.69) is 15.3 Å². The van der Waals surface area contributed by atoms with Crippen molar-refractivity contribution in [3.63, 3.8) is 0 Å². The van der Waals surface area contributed by atoms with Crippen LogP contribution in [0.5, 0.6) is 0 Å². The first-order valence-electron chi connectivity index (χ1n) is 3.16. The first kappa shape index (κ1) is 6.80. The average molecular weight is 167 g/mol. The van der Waals surface area contributed by atoms with Crippen LogP contribution in [0.4, 0.5) is 5.82 Å². The maximum absolute atomic E-state index is 10.9. The topological polar surface area (TPSA) is 95.3 Å². The van der Waals surface area contributed by atoms with Crippen LogP contribution in [0.3, 0.4) is 0 Å². The molecule has 3 N–H and O–H groups in total. The second-order valence-corrected chi connectivity index (χ2v) is 2.13. The van der Waals surface area contributed by atoms with Crippen LogP contribution in [0.25, 0.3) is 5.65 Å². The summed E-state index contributed by atoms with van der Waals surface area (Å²) in [5.74, 6) is 0.186. The normalized spacial score (nSPS) is 10.4. The zero-order chi connectivity index (χ0) is 8.55. The van der Waals surface area contributed by atoms with Gasteiger partial charge in [-0.15, -0.1) is 5.10 Å². The van der Waals surface area contributed by atoms with Gasteiger partial charge in [-0.25, -0.2) is 9.89 Å². The Kier molecular flexibility index (Phi) is 1.31. The Labute approximate surface area is 65.6 Å². The van der Waals surface area contributed by atoms with Crippen LogP contribution >= 0.6 is 0 Å². The van der Waals surface area contributed by atoms with Crippen molar-refractivity contribution in [2.75, 3.05) is 5.48 Å². The van der Waals surface area contributed by atoms with Gasteiger partial charge in [0.1, 0.15) is 0 Å². The van der Waals surface area contributed by atoms with Crippen molar-refractivity contribution in [1.82, 2.24) is 19.8 Å². The van der Waals surface area contributed by atoms with Gasteiger partial charge in [-0.05, 0) is 12.1 Å². The van der Waals surface area contributed by atoms with Gasteiger partial charge in [0, 0.05) is 0 Å². The summed E-state index contributed by atoms with van der Waals surface area (Å²) >= 11 is 0. The van der Waals surface area contributed by atoms with Crippen LogP contribution in [-0.2, 0) is 0 Å². The molecule has 12 heavy (non-hydrogen) atoms. The van der Waals surface area contributed by atoms with E-state index in [9.17, 15) is 4.79 Å². The fraction of sp³-hybridized carbons (Fsp3) is 0. The molecule has 7 nitrogen and oxygen atoms in total. The summed E-state index contributed by atoms with van der Waals surface area (Å²) in [6, 6.07) is 3.04. The Morgan fingerprint density at radius 2 is 2.42 bits per heavy atom. The van der Waals surface area contributed by atoms with Crippen molar-refractivity contribution in [3.8, 4) is 0 Å². The molecular weight excluding hydrogens is 162 g/mol. The number of nitrogens with one attached hydrogen (secondary N) is 2. The lowest BCUT2D eigenvalue weighted by Crippen LogP contribution is -2.13. The van der Waals surface area contributed by atoms with Crippen molar-refractivity contribution in [2.45, 2.75) is 0 Å². The summed E-state index contributed by atoms with van der Waals surface area (Å²) < 4.78 is 1.04. The lowest BCUT2D eigenvalue weighted by Gasteiger charge is -1.95. The van der Waals surface area contributed by atoms with Crippen molar-refractivity contribution >= 4 is 11.5 Å². The first-order chi connectivity index (χ1) is 5.81. The number of anilines is 1. The van der Waals surface area contributed by atoms with Crippen LogP contribution in [-0.4, -0.2) is 25.0 Å². The fourth-order valence-corrected chi connectivity index (χ4v) is 0.863. The maximum Gasteiger partial charge on any atom is 0.364 e. The quantitative estimate of drug-likeness (QED) is 0.484. The molecule has 0 radical (unpaired) electrons. The highest BCUT2D eigenvalue weighted by Gasteiger charge is 2.00. The SMILES string of the molecule is O=c1[nH]nc2ccc(NO)nn12. The van der Waals surface area contributed by atoms with Gasteiger partial charge < -0.3 is 0 Å². The van der Waals surface area contributed by atoms with Gasteiger partial charge in [-0.3, -0.25) is 10.7 Å². The molecule has 2 heterocycles. The molecule has 0 aliphatic carbocycles. The van der Waals surface area contributed by atoms with Crippen LogP contribution in [0.15, 0.2) is 16.9 Å². The van der Waals surface area contributed by atoms with Gasteiger partial charge in [-0.2, -0.15) is 9.61 Å². The van der Waals surface area contributed by atoms with Crippen molar-refractivity contribution < 1.29 is 5.21 Å². The number of hydrogen-bond acceptors (Lipinski definition) is 5. The second kappa shape index (κ2) is 2.31. The zero-order valence-electron chi connectivity index (χ0n) is 5.85. The highest BCUT2D eigenvalue weighted by Crippen LogP contribution is 2.00. The van der Waals surface area contributed by atoms with Gasteiger partial charge >= 0.3 is 5.69 Å². The highest BCUT2D eigenvalue weighted by atomic mass is 16.5. The molecule has 62 valence electrons. The zero-order valence-corrected chi connectivity index (χ0v) is 5.85. The lowest BCUT2D eigenvalue weighted by molar-refractivity contribution is 0.384. The molecule has 0 aliphatic heterocycles. The van der Waals surface area contributed by atoms with E-state index in [1.54, 1.807) is 6.07 Å². The van der Waals surface area contributed by atoms with Crippen molar-refractivity contribution in [2.24, 2.45) is 0 Å². The monoisotopic (exact) mass is 167 g/mol. The van der Waals surface area contributed by atoms with E-state index in [0.29, 0.717) is 5.65 Å². The van der Waals surface area contributed by atoms with Gasteiger partial charge in [0.15, 0.2) is 11.5 Å². The fourth-order valence-electron chi connectivity index (χ4n) is 0.863. The van der Waals surface area contributed by atoms with E-state index in [4.69, 9.17) is 5.21 Å². The molecule has 0 unspecified atom stereocenters. The summed E-state index contributed by atoms with van der Waals surface area (Å²) in [6.45, 7) is 0. The Hall–Kier alpha value is -1.89.